The number of hydrogen-bond acceptors (Lipinski definition) is 6. The number of aryl methyl sites for hydroxylation is 2. The van der Waals surface area contributed by atoms with E-state index in [-0.39, 0.29) is 22.5 Å². The van der Waals surface area contributed by atoms with Crippen LogP contribution in [0.3, 0.4) is 0 Å². The summed E-state index contributed by atoms with van der Waals surface area (Å²) in [6, 6.07) is 10.2. The Kier molecular flexibility index (Phi) is 3.49. The highest BCUT2D eigenvalue weighted by Gasteiger charge is 2.19. The molecule has 0 radical (unpaired) electrons. The summed E-state index contributed by atoms with van der Waals surface area (Å²) in [5.74, 6) is 0. The monoisotopic (exact) mass is 407 g/mol. The van der Waals surface area contributed by atoms with Gasteiger partial charge >= 0.3 is 5.69 Å². The Hall–Kier alpha value is -3.79. The minimum absolute atomic E-state index is 0.172. The minimum Gasteiger partial charge on any atom is -0.295 e. The fraction of sp³-hybridized carbons (Fsp3) is 0.105. The number of para-hydroxylation sites is 2. The van der Waals surface area contributed by atoms with E-state index in [9.17, 15) is 19.7 Å². The number of imidazole rings is 2. The van der Waals surface area contributed by atoms with Crippen molar-refractivity contribution in [2.45, 2.75) is 0 Å². The second kappa shape index (κ2) is 5.85. The van der Waals surface area contributed by atoms with Crippen LogP contribution in [0.2, 0.25) is 0 Å². The third-order valence-corrected chi connectivity index (χ3v) is 6.02. The fourth-order valence-corrected chi connectivity index (χ4v) is 4.56. The molecule has 0 unspecified atom stereocenters. The topological polar surface area (TPSA) is 104 Å². The highest BCUT2D eigenvalue weighted by molar-refractivity contribution is 7.15. The first-order valence-corrected chi connectivity index (χ1v) is 9.44. The zero-order valence-corrected chi connectivity index (χ0v) is 16.1. The highest BCUT2D eigenvalue weighted by Crippen LogP contribution is 2.26. The summed E-state index contributed by atoms with van der Waals surface area (Å²) in [5, 5.41) is 11.6. The smallest absolute Gasteiger partial charge is 0.295 e. The molecule has 144 valence electrons. The summed E-state index contributed by atoms with van der Waals surface area (Å²) in [7, 11) is 3.16. The van der Waals surface area contributed by atoms with Crippen LogP contribution in [0.25, 0.3) is 33.1 Å². The summed E-state index contributed by atoms with van der Waals surface area (Å²) in [4.78, 5) is 41.2. The number of nitro benzene ring substituents is 1. The van der Waals surface area contributed by atoms with Gasteiger partial charge in [-0.3, -0.25) is 24.0 Å². The Morgan fingerprint density at radius 1 is 1.07 bits per heavy atom. The maximum absolute atomic E-state index is 13.0. The summed E-state index contributed by atoms with van der Waals surface area (Å²) in [6.07, 6.45) is 1.49. The maximum Gasteiger partial charge on any atom is 0.328 e. The molecule has 0 saturated heterocycles. The van der Waals surface area contributed by atoms with E-state index < -0.39 is 4.92 Å². The second-order valence-electron chi connectivity index (χ2n) is 6.69. The standard InChI is InChI=1S/C19H13N5O4S/c1-21-14-7-10(13(24(27)28)9-15(14)22(2)19(21)26)8-16-17(25)23-12-6-4-3-5-11(12)20-18(23)29-16/h3-9H,1-2H3. The van der Waals surface area contributed by atoms with Gasteiger partial charge in [0.25, 0.3) is 11.2 Å². The van der Waals surface area contributed by atoms with E-state index in [0.29, 0.717) is 31.6 Å². The number of benzene rings is 2. The SMILES string of the molecule is Cn1c(=O)n(C)c2cc([N+](=O)[O-])c(C=c3sc4nc5ccccc5n4c3=O)cc21. The first kappa shape index (κ1) is 17.3. The quantitative estimate of drug-likeness (QED) is 0.326. The van der Waals surface area contributed by atoms with Gasteiger partial charge in [-0.05, 0) is 24.3 Å². The molecule has 0 atom stereocenters. The Labute approximate surface area is 165 Å². The van der Waals surface area contributed by atoms with E-state index in [1.165, 1.54) is 37.0 Å². The predicted molar refractivity (Wildman–Crippen MR) is 110 cm³/mol. The van der Waals surface area contributed by atoms with E-state index in [2.05, 4.69) is 4.98 Å². The minimum atomic E-state index is -0.513. The molecule has 10 heteroatoms. The average Bonchev–Trinajstić information content (AvgIpc) is 3.28. The normalized spacial score (nSPS) is 12.6. The van der Waals surface area contributed by atoms with Gasteiger partial charge in [0.2, 0.25) is 0 Å². The number of thiazole rings is 1. The number of aromatic nitrogens is 4. The number of fused-ring (bicyclic) bond motifs is 4. The first-order chi connectivity index (χ1) is 13.9. The van der Waals surface area contributed by atoms with Gasteiger partial charge in [-0.1, -0.05) is 23.5 Å². The molecule has 3 heterocycles. The van der Waals surface area contributed by atoms with Crippen molar-refractivity contribution < 1.29 is 4.92 Å². The van der Waals surface area contributed by atoms with Crippen molar-refractivity contribution >= 4 is 50.1 Å². The van der Waals surface area contributed by atoms with Crippen molar-refractivity contribution in [3.05, 3.63) is 77.4 Å². The van der Waals surface area contributed by atoms with E-state index in [4.69, 9.17) is 0 Å². The highest BCUT2D eigenvalue weighted by atomic mass is 32.1. The number of nitrogens with zero attached hydrogens (tertiary/aromatic N) is 5. The lowest BCUT2D eigenvalue weighted by Gasteiger charge is -2.00. The lowest BCUT2D eigenvalue weighted by Crippen LogP contribution is -2.22. The first-order valence-electron chi connectivity index (χ1n) is 8.62. The molecule has 0 fully saturated rings. The van der Waals surface area contributed by atoms with Crippen molar-refractivity contribution in [2.75, 3.05) is 0 Å². The van der Waals surface area contributed by atoms with Gasteiger partial charge in [0.1, 0.15) is 0 Å². The van der Waals surface area contributed by atoms with Crippen LogP contribution in [0.4, 0.5) is 5.69 Å². The third kappa shape index (κ3) is 2.36. The molecule has 29 heavy (non-hydrogen) atoms. The van der Waals surface area contributed by atoms with Gasteiger partial charge in [-0.15, -0.1) is 0 Å². The van der Waals surface area contributed by atoms with Gasteiger partial charge in [0.15, 0.2) is 4.96 Å². The van der Waals surface area contributed by atoms with Crippen molar-refractivity contribution in [3.8, 4) is 0 Å². The Bertz CT molecular complexity index is 1650. The van der Waals surface area contributed by atoms with Gasteiger partial charge < -0.3 is 0 Å². The summed E-state index contributed by atoms with van der Waals surface area (Å²) < 4.78 is 4.62. The van der Waals surface area contributed by atoms with Gasteiger partial charge in [-0.25, -0.2) is 14.2 Å². The molecule has 5 aromatic rings. The van der Waals surface area contributed by atoms with Crippen LogP contribution >= 0.6 is 11.3 Å². The average molecular weight is 407 g/mol. The molecule has 5 rings (SSSR count). The lowest BCUT2D eigenvalue weighted by atomic mass is 10.1. The van der Waals surface area contributed by atoms with Gasteiger partial charge in [-0.2, -0.15) is 0 Å². The van der Waals surface area contributed by atoms with E-state index in [0.717, 1.165) is 0 Å². The summed E-state index contributed by atoms with van der Waals surface area (Å²) >= 11 is 1.17. The zero-order chi connectivity index (χ0) is 20.4. The van der Waals surface area contributed by atoms with Crippen LogP contribution in [-0.4, -0.2) is 23.4 Å². The largest absolute Gasteiger partial charge is 0.328 e. The van der Waals surface area contributed by atoms with Gasteiger partial charge in [0.05, 0.1) is 37.1 Å². The maximum atomic E-state index is 13.0. The zero-order valence-electron chi connectivity index (χ0n) is 15.3. The molecular formula is C19H13N5O4S. The summed E-state index contributed by atoms with van der Waals surface area (Å²) in [6.45, 7) is 0. The van der Waals surface area contributed by atoms with Crippen LogP contribution in [0, 0.1) is 10.1 Å². The predicted octanol–water partition coefficient (Wildman–Crippen LogP) is 1.56. The van der Waals surface area contributed by atoms with Crippen molar-refractivity contribution in [3.63, 3.8) is 0 Å². The van der Waals surface area contributed by atoms with E-state index in [1.807, 2.05) is 24.3 Å². The van der Waals surface area contributed by atoms with Crippen LogP contribution in [-0.2, 0) is 14.1 Å². The van der Waals surface area contributed by atoms with Crippen LogP contribution < -0.4 is 15.8 Å². The van der Waals surface area contributed by atoms with E-state index >= 15 is 0 Å². The molecule has 9 nitrogen and oxygen atoms in total. The fourth-order valence-electron chi connectivity index (χ4n) is 3.58. The van der Waals surface area contributed by atoms with Crippen molar-refractivity contribution in [2.24, 2.45) is 14.1 Å². The molecule has 0 spiro atoms. The van der Waals surface area contributed by atoms with E-state index in [1.54, 1.807) is 20.2 Å². The Morgan fingerprint density at radius 3 is 2.48 bits per heavy atom. The lowest BCUT2D eigenvalue weighted by molar-refractivity contribution is -0.385. The molecule has 0 aliphatic rings. The molecule has 0 bridgehead atoms. The van der Waals surface area contributed by atoms with Crippen LogP contribution in [0.5, 0.6) is 0 Å². The van der Waals surface area contributed by atoms with Gasteiger partial charge in [0, 0.05) is 20.2 Å². The molecule has 2 aromatic carbocycles. The Morgan fingerprint density at radius 2 is 1.76 bits per heavy atom. The molecule has 0 N–H and O–H groups in total. The van der Waals surface area contributed by atoms with Crippen molar-refractivity contribution in [1.82, 2.24) is 18.5 Å². The number of hydrogen-bond donors (Lipinski definition) is 0. The van der Waals surface area contributed by atoms with Crippen molar-refractivity contribution in [1.29, 1.82) is 0 Å². The molecule has 0 aliphatic heterocycles. The summed E-state index contributed by atoms with van der Waals surface area (Å²) in [5.41, 5.74) is 1.94. The molecule has 0 aliphatic carbocycles. The van der Waals surface area contributed by atoms with Crippen LogP contribution in [0.1, 0.15) is 5.56 Å². The molecular weight excluding hydrogens is 394 g/mol. The molecule has 0 saturated carbocycles. The number of rotatable bonds is 2. The molecule has 0 amide bonds. The van der Waals surface area contributed by atoms with Crippen LogP contribution in [0.15, 0.2) is 46.0 Å². The third-order valence-electron chi connectivity index (χ3n) is 5.05. The second-order valence-corrected chi connectivity index (χ2v) is 7.70. The Balaban J connectivity index is 1.85. The molecule has 3 aromatic heterocycles. The number of nitro groups is 1.